The number of hydrogen-bond donors (Lipinski definition) is 1. The monoisotopic (exact) mass is 424 g/mol. The van der Waals surface area contributed by atoms with Crippen LogP contribution in [0.25, 0.3) is 0 Å². The molecular formula is C13H8BrClF2N2O3S. The Morgan fingerprint density at radius 2 is 1.91 bits per heavy atom. The topological polar surface area (TPSA) is 76.1 Å². The molecule has 10 heteroatoms. The summed E-state index contributed by atoms with van der Waals surface area (Å²) in [7, 11) is -4.22. The first kappa shape index (κ1) is 17.8. The molecule has 0 radical (unpaired) electrons. The highest BCUT2D eigenvalue weighted by Gasteiger charge is 2.21. The van der Waals surface area contributed by atoms with E-state index in [1.807, 2.05) is 0 Å². The number of nitrogens with one attached hydrogen (secondary N) is 1. The second-order valence-electron chi connectivity index (χ2n) is 4.35. The maximum Gasteiger partial charge on any atom is 0.266 e. The normalized spacial score (nSPS) is 11.5. The third-order valence-corrected chi connectivity index (χ3v) is 4.63. The third-order valence-electron chi connectivity index (χ3n) is 2.65. The number of halogens is 4. The van der Waals surface area contributed by atoms with Crippen molar-refractivity contribution < 1.29 is 22.0 Å². The SMILES string of the molecule is O=C(NS(=O)(=O)c1cc(Cl)cc(Br)c1)c1cncc(C(F)F)c1. The van der Waals surface area contributed by atoms with Crippen molar-refractivity contribution in [2.24, 2.45) is 0 Å². The van der Waals surface area contributed by atoms with Gasteiger partial charge in [-0.2, -0.15) is 0 Å². The van der Waals surface area contributed by atoms with Crippen LogP contribution in [0, 0.1) is 0 Å². The zero-order valence-corrected chi connectivity index (χ0v) is 14.3. The van der Waals surface area contributed by atoms with E-state index >= 15 is 0 Å². The summed E-state index contributed by atoms with van der Waals surface area (Å²) in [4.78, 5) is 15.2. The van der Waals surface area contributed by atoms with Gasteiger partial charge >= 0.3 is 0 Å². The van der Waals surface area contributed by atoms with Gasteiger partial charge in [-0.05, 0) is 24.3 Å². The summed E-state index contributed by atoms with van der Waals surface area (Å²) in [6.07, 6.45) is -0.940. The quantitative estimate of drug-likeness (QED) is 0.813. The number of alkyl halides is 2. The molecule has 0 aliphatic heterocycles. The molecule has 0 spiro atoms. The second-order valence-corrected chi connectivity index (χ2v) is 7.38. The Morgan fingerprint density at radius 1 is 1.22 bits per heavy atom. The summed E-state index contributed by atoms with van der Waals surface area (Å²) in [5.41, 5.74) is -0.784. The third kappa shape index (κ3) is 4.46. The number of nitrogens with zero attached hydrogens (tertiary/aromatic N) is 1. The fourth-order valence-electron chi connectivity index (χ4n) is 1.62. The van der Waals surface area contributed by atoms with E-state index in [1.54, 1.807) is 4.72 Å². The van der Waals surface area contributed by atoms with E-state index in [-0.39, 0.29) is 15.5 Å². The average Bonchev–Trinajstić information content (AvgIpc) is 2.46. The molecule has 2 rings (SSSR count). The average molecular weight is 426 g/mol. The van der Waals surface area contributed by atoms with Crippen LogP contribution < -0.4 is 4.72 Å². The van der Waals surface area contributed by atoms with E-state index in [2.05, 4.69) is 20.9 Å². The van der Waals surface area contributed by atoms with Crippen LogP contribution in [0.1, 0.15) is 22.3 Å². The van der Waals surface area contributed by atoms with Crippen molar-refractivity contribution in [1.82, 2.24) is 9.71 Å². The van der Waals surface area contributed by atoms with Crippen LogP contribution in [-0.2, 0) is 10.0 Å². The van der Waals surface area contributed by atoms with Gasteiger partial charge in [0.1, 0.15) is 0 Å². The molecular weight excluding hydrogens is 418 g/mol. The van der Waals surface area contributed by atoms with Gasteiger partial charge in [0, 0.05) is 27.5 Å². The first-order valence-corrected chi connectivity index (χ1v) is 8.61. The summed E-state index contributed by atoms with van der Waals surface area (Å²) < 4.78 is 51.7. The maximum absolute atomic E-state index is 12.6. The molecule has 1 amide bonds. The van der Waals surface area contributed by atoms with Crippen LogP contribution in [0.2, 0.25) is 5.02 Å². The number of rotatable bonds is 4. The van der Waals surface area contributed by atoms with Crippen LogP contribution in [0.15, 0.2) is 46.0 Å². The lowest BCUT2D eigenvalue weighted by atomic mass is 10.2. The minimum Gasteiger partial charge on any atom is -0.268 e. The van der Waals surface area contributed by atoms with E-state index in [4.69, 9.17) is 11.6 Å². The van der Waals surface area contributed by atoms with Crippen molar-refractivity contribution in [3.63, 3.8) is 0 Å². The van der Waals surface area contributed by atoms with Gasteiger partial charge in [-0.15, -0.1) is 0 Å². The van der Waals surface area contributed by atoms with Crippen molar-refractivity contribution in [1.29, 1.82) is 0 Å². The van der Waals surface area contributed by atoms with Gasteiger partial charge in [-0.25, -0.2) is 21.9 Å². The summed E-state index contributed by atoms with van der Waals surface area (Å²) in [5.74, 6) is -1.07. The molecule has 23 heavy (non-hydrogen) atoms. The Kier molecular flexibility index (Phi) is 5.33. The molecule has 0 saturated carbocycles. The standard InChI is InChI=1S/C13H8BrClF2N2O3S/c14-9-2-10(15)4-11(3-9)23(21,22)19-13(20)8-1-7(12(16)17)5-18-6-8/h1-6,12H,(H,19,20). The summed E-state index contributed by atoms with van der Waals surface area (Å²) in [6, 6.07) is 4.74. The maximum atomic E-state index is 12.6. The van der Waals surface area contributed by atoms with Gasteiger partial charge in [0.05, 0.1) is 10.5 Å². The summed E-state index contributed by atoms with van der Waals surface area (Å²) in [6.45, 7) is 0. The Morgan fingerprint density at radius 3 is 2.52 bits per heavy atom. The predicted octanol–water partition coefficient (Wildman–Crippen LogP) is 3.55. The number of amides is 1. The molecule has 0 bridgehead atoms. The van der Waals surface area contributed by atoms with Crippen LogP contribution in [0.4, 0.5) is 8.78 Å². The molecule has 2 aromatic rings. The number of pyridine rings is 1. The highest BCUT2D eigenvalue weighted by molar-refractivity contribution is 9.10. The van der Waals surface area contributed by atoms with Crippen LogP contribution in [-0.4, -0.2) is 19.3 Å². The van der Waals surface area contributed by atoms with Gasteiger partial charge in [0.25, 0.3) is 22.4 Å². The molecule has 122 valence electrons. The highest BCUT2D eigenvalue weighted by Crippen LogP contribution is 2.23. The smallest absolute Gasteiger partial charge is 0.266 e. The molecule has 1 N–H and O–H groups in total. The molecule has 5 nitrogen and oxygen atoms in total. The van der Waals surface area contributed by atoms with Crippen LogP contribution >= 0.6 is 27.5 Å². The van der Waals surface area contributed by atoms with Crippen molar-refractivity contribution >= 4 is 43.5 Å². The van der Waals surface area contributed by atoms with Gasteiger partial charge in [0.15, 0.2) is 0 Å². The van der Waals surface area contributed by atoms with Crippen LogP contribution in [0.3, 0.4) is 0 Å². The Bertz CT molecular complexity index is 842. The van der Waals surface area contributed by atoms with Gasteiger partial charge in [0.2, 0.25) is 0 Å². The molecule has 0 fully saturated rings. The number of carbonyl (C=O) groups is 1. The van der Waals surface area contributed by atoms with Crippen molar-refractivity contribution in [3.05, 3.63) is 57.3 Å². The number of carbonyl (C=O) groups excluding carboxylic acids is 1. The van der Waals surface area contributed by atoms with Crippen molar-refractivity contribution in [3.8, 4) is 0 Å². The van der Waals surface area contributed by atoms with Crippen molar-refractivity contribution in [2.75, 3.05) is 0 Å². The zero-order chi connectivity index (χ0) is 17.2. The number of hydrogen-bond acceptors (Lipinski definition) is 4. The Balaban J connectivity index is 2.30. The predicted molar refractivity (Wildman–Crippen MR) is 83.0 cm³/mol. The molecule has 0 saturated heterocycles. The molecule has 1 heterocycles. The second kappa shape index (κ2) is 6.90. The Labute approximate surface area is 143 Å². The van der Waals surface area contributed by atoms with E-state index in [1.165, 1.54) is 12.1 Å². The van der Waals surface area contributed by atoms with Gasteiger partial charge in [-0.3, -0.25) is 9.78 Å². The largest absolute Gasteiger partial charge is 0.268 e. The highest BCUT2D eigenvalue weighted by atomic mass is 79.9. The number of sulfonamides is 1. The number of benzene rings is 1. The fraction of sp³-hybridized carbons (Fsp3) is 0.0769. The van der Waals surface area contributed by atoms with E-state index in [0.29, 0.717) is 4.47 Å². The molecule has 1 aromatic heterocycles. The van der Waals surface area contributed by atoms with E-state index in [0.717, 1.165) is 24.5 Å². The molecule has 0 aliphatic carbocycles. The fourth-order valence-corrected chi connectivity index (χ4v) is 3.75. The van der Waals surface area contributed by atoms with E-state index in [9.17, 15) is 22.0 Å². The summed E-state index contributed by atoms with van der Waals surface area (Å²) in [5, 5.41) is 0.147. The van der Waals surface area contributed by atoms with Crippen molar-refractivity contribution in [2.45, 2.75) is 11.3 Å². The van der Waals surface area contributed by atoms with Crippen LogP contribution in [0.5, 0.6) is 0 Å². The molecule has 0 unspecified atom stereocenters. The first-order valence-electron chi connectivity index (χ1n) is 5.95. The lowest BCUT2D eigenvalue weighted by Crippen LogP contribution is -2.30. The Hall–Kier alpha value is -1.58. The number of aromatic nitrogens is 1. The molecule has 0 atom stereocenters. The summed E-state index contributed by atoms with van der Waals surface area (Å²) >= 11 is 8.85. The lowest BCUT2D eigenvalue weighted by molar-refractivity contribution is 0.0980. The van der Waals surface area contributed by atoms with E-state index < -0.39 is 27.9 Å². The zero-order valence-electron chi connectivity index (χ0n) is 11.1. The van der Waals surface area contributed by atoms with Gasteiger partial charge < -0.3 is 0 Å². The lowest BCUT2D eigenvalue weighted by Gasteiger charge is -2.08. The van der Waals surface area contributed by atoms with Gasteiger partial charge in [-0.1, -0.05) is 27.5 Å². The molecule has 1 aromatic carbocycles. The minimum atomic E-state index is -4.22. The molecule has 0 aliphatic rings. The first-order chi connectivity index (χ1) is 10.7. The minimum absolute atomic E-state index is 0.147.